The maximum Gasteiger partial charge on any atom is 0.311 e. The van der Waals surface area contributed by atoms with Crippen LogP contribution in [-0.2, 0) is 11.2 Å². The van der Waals surface area contributed by atoms with Gasteiger partial charge in [-0.1, -0.05) is 36.4 Å². The smallest absolute Gasteiger partial charge is 0.311 e. The maximum absolute atomic E-state index is 12.1. The summed E-state index contributed by atoms with van der Waals surface area (Å²) in [6.45, 7) is 3.54. The molecule has 7 nitrogen and oxygen atoms in total. The highest BCUT2D eigenvalue weighted by atomic mass is 16.5. The van der Waals surface area contributed by atoms with Crippen LogP contribution >= 0.6 is 0 Å². The maximum atomic E-state index is 12.1. The minimum absolute atomic E-state index is 0.0758. The summed E-state index contributed by atoms with van der Waals surface area (Å²) in [5.74, 6) is 0.267. The van der Waals surface area contributed by atoms with Crippen molar-refractivity contribution in [1.82, 2.24) is 0 Å². The van der Waals surface area contributed by atoms with Crippen molar-refractivity contribution in [3.63, 3.8) is 0 Å². The Morgan fingerprint density at radius 1 is 1.12 bits per heavy atom. The molecule has 2 atom stereocenters. The number of nitrogens with two attached hydrogens (primary N) is 3. The van der Waals surface area contributed by atoms with Gasteiger partial charge in [0.15, 0.2) is 0 Å². The monoisotopic (exact) mass is 446 g/mol. The Hall–Kier alpha value is -3.87. The molecule has 7 heteroatoms. The van der Waals surface area contributed by atoms with Gasteiger partial charge in [-0.25, -0.2) is 0 Å². The molecule has 1 aliphatic heterocycles. The molecule has 1 fully saturated rings. The van der Waals surface area contributed by atoms with Crippen molar-refractivity contribution < 1.29 is 24.6 Å². The third kappa shape index (κ3) is 5.14. The molecule has 7 N–H and O–H groups in total. The minimum atomic E-state index is -0.863. The van der Waals surface area contributed by atoms with Crippen molar-refractivity contribution in [3.05, 3.63) is 77.4 Å². The van der Waals surface area contributed by atoms with E-state index in [9.17, 15) is 9.90 Å². The van der Waals surface area contributed by atoms with Gasteiger partial charge in [-0.2, -0.15) is 0 Å². The Morgan fingerprint density at radius 2 is 1.85 bits per heavy atom. The third-order valence-corrected chi connectivity index (χ3v) is 6.20. The molecule has 1 heterocycles. The fourth-order valence-corrected chi connectivity index (χ4v) is 4.30. The molecule has 0 aliphatic carbocycles. The van der Waals surface area contributed by atoms with Crippen LogP contribution in [0, 0.1) is 0 Å². The third-order valence-electron chi connectivity index (χ3n) is 6.20. The van der Waals surface area contributed by atoms with E-state index in [4.69, 9.17) is 21.6 Å². The lowest BCUT2D eigenvalue weighted by molar-refractivity contribution is -0.510. The topological polar surface area (TPSA) is 127 Å². The van der Waals surface area contributed by atoms with E-state index in [-0.39, 0.29) is 11.9 Å². The molecule has 4 rings (SSSR count). The van der Waals surface area contributed by atoms with Crippen molar-refractivity contribution in [2.75, 3.05) is 13.1 Å². The molecule has 0 radical (unpaired) electrons. The Labute approximate surface area is 192 Å². The summed E-state index contributed by atoms with van der Waals surface area (Å²) in [4.78, 5) is 12.1. The number of nitrogens with zero attached hydrogens (tertiary/aromatic N) is 1. The SMILES string of the molecule is CC(N)=[N+]1CC[C@H](Oc2ccc([C@H](Cc3ccc4ccc(C(N)=[NH2+])cc4c3)C(=O)O)cc2)C1. The second kappa shape index (κ2) is 9.32. The van der Waals surface area contributed by atoms with Crippen molar-refractivity contribution in [2.24, 2.45) is 11.5 Å². The molecule has 0 spiro atoms. The summed E-state index contributed by atoms with van der Waals surface area (Å²) in [6, 6.07) is 19.1. The first-order valence-corrected chi connectivity index (χ1v) is 11.0. The van der Waals surface area contributed by atoms with Gasteiger partial charge in [-0.05, 0) is 52.6 Å². The second-order valence-electron chi connectivity index (χ2n) is 8.63. The predicted molar refractivity (Wildman–Crippen MR) is 129 cm³/mol. The molecular weight excluding hydrogens is 416 g/mol. The molecule has 3 aromatic carbocycles. The molecule has 1 aliphatic rings. The number of hydrogen-bond acceptors (Lipinski definition) is 2. The first-order chi connectivity index (χ1) is 15.8. The molecule has 3 aromatic rings. The number of rotatable bonds is 7. The van der Waals surface area contributed by atoms with Crippen molar-refractivity contribution in [1.29, 1.82) is 0 Å². The Morgan fingerprint density at radius 3 is 2.48 bits per heavy atom. The van der Waals surface area contributed by atoms with Gasteiger partial charge in [0, 0.05) is 13.3 Å². The summed E-state index contributed by atoms with van der Waals surface area (Å²) in [5, 5.41) is 17.7. The van der Waals surface area contributed by atoms with E-state index < -0.39 is 11.9 Å². The normalized spacial score (nSPS) is 18.2. The predicted octanol–water partition coefficient (Wildman–Crippen LogP) is 1.26. The average molecular weight is 447 g/mol. The zero-order valence-corrected chi connectivity index (χ0v) is 18.7. The number of benzene rings is 3. The molecule has 0 bridgehead atoms. The standard InChI is InChI=1S/C26H28N4O3/c1-16(27)30-11-10-23(15-30)33-22-8-6-19(7-9-22)24(26(31)32)13-17-2-3-18-4-5-20(25(28)29)14-21(18)12-17/h2-9,12,14,23-24,27H,10-11,13,15H2,1H3,(H4,28,29,31,32)/p+2/t23-,24-/m0/s1. The van der Waals surface area contributed by atoms with Crippen molar-refractivity contribution in [3.8, 4) is 5.75 Å². The number of amidine groups is 2. The number of carbonyl (C=O) groups is 1. The summed E-state index contributed by atoms with van der Waals surface area (Å²) in [5.41, 5.74) is 14.0. The lowest BCUT2D eigenvalue weighted by Gasteiger charge is -2.16. The van der Waals surface area contributed by atoms with E-state index in [2.05, 4.69) is 4.58 Å². The van der Waals surface area contributed by atoms with Crippen molar-refractivity contribution in [2.45, 2.75) is 31.8 Å². The first kappa shape index (κ1) is 22.3. The van der Waals surface area contributed by atoms with Gasteiger partial charge in [-0.3, -0.25) is 26.2 Å². The van der Waals surface area contributed by atoms with E-state index in [0.717, 1.165) is 58.6 Å². The van der Waals surface area contributed by atoms with Gasteiger partial charge in [0.25, 0.3) is 5.84 Å². The number of fused-ring (bicyclic) bond motifs is 1. The van der Waals surface area contributed by atoms with Crippen LogP contribution in [-0.4, -0.2) is 46.5 Å². The van der Waals surface area contributed by atoms with Crippen molar-refractivity contribution >= 4 is 28.4 Å². The highest BCUT2D eigenvalue weighted by Crippen LogP contribution is 2.27. The first-order valence-electron chi connectivity index (χ1n) is 11.0. The number of carboxylic acids is 1. The van der Waals surface area contributed by atoms with E-state index in [1.165, 1.54) is 0 Å². The van der Waals surface area contributed by atoms with Gasteiger partial charge in [0.1, 0.15) is 18.4 Å². The van der Waals surface area contributed by atoms with Gasteiger partial charge >= 0.3 is 5.97 Å². The molecule has 0 saturated carbocycles. The van der Waals surface area contributed by atoms with Crippen LogP contribution in [0.25, 0.3) is 10.8 Å². The Kier molecular flexibility index (Phi) is 6.31. The van der Waals surface area contributed by atoms with Gasteiger partial charge in [0.2, 0.25) is 5.84 Å². The number of carboxylic acid groups (broad SMARTS) is 1. The minimum Gasteiger partial charge on any atom is -0.486 e. The lowest BCUT2D eigenvalue weighted by atomic mass is 9.91. The van der Waals surface area contributed by atoms with Gasteiger partial charge < -0.3 is 9.84 Å². The highest BCUT2D eigenvalue weighted by molar-refractivity contribution is 5.97. The van der Waals surface area contributed by atoms with Crippen LogP contribution in [0.3, 0.4) is 0 Å². The van der Waals surface area contributed by atoms with Crippen LogP contribution in [0.4, 0.5) is 0 Å². The quantitative estimate of drug-likeness (QED) is 0.247. The van der Waals surface area contributed by atoms with Crippen LogP contribution in [0.5, 0.6) is 5.75 Å². The molecule has 0 aromatic heterocycles. The highest BCUT2D eigenvalue weighted by Gasteiger charge is 2.25. The summed E-state index contributed by atoms with van der Waals surface area (Å²) in [6.07, 6.45) is 1.36. The van der Waals surface area contributed by atoms with Gasteiger partial charge in [0.05, 0.1) is 18.0 Å². The largest absolute Gasteiger partial charge is 0.486 e. The molecule has 0 unspecified atom stereocenters. The lowest BCUT2D eigenvalue weighted by Crippen LogP contribution is -2.46. The van der Waals surface area contributed by atoms with Crippen LogP contribution in [0.2, 0.25) is 0 Å². The Balaban J connectivity index is 1.50. The molecule has 0 amide bonds. The van der Waals surface area contributed by atoms with Crippen LogP contribution < -0.4 is 21.6 Å². The van der Waals surface area contributed by atoms with Crippen LogP contribution in [0.15, 0.2) is 60.7 Å². The van der Waals surface area contributed by atoms with E-state index >= 15 is 0 Å². The number of aliphatic carboxylic acids is 1. The molecule has 33 heavy (non-hydrogen) atoms. The zero-order chi connectivity index (χ0) is 23.5. The van der Waals surface area contributed by atoms with Gasteiger partial charge in [-0.15, -0.1) is 0 Å². The summed E-state index contributed by atoms with van der Waals surface area (Å²) >= 11 is 0. The van der Waals surface area contributed by atoms with Crippen LogP contribution in [0.1, 0.15) is 36.0 Å². The summed E-state index contributed by atoms with van der Waals surface area (Å²) in [7, 11) is 0. The molecule has 170 valence electrons. The second-order valence-corrected chi connectivity index (χ2v) is 8.63. The number of ether oxygens (including phenoxy) is 1. The average Bonchev–Trinajstić information content (AvgIpc) is 3.26. The Bertz CT molecular complexity index is 1230. The molecular formula is C26H30N4O3+2. The van der Waals surface area contributed by atoms with E-state index in [1.807, 2.05) is 67.6 Å². The summed E-state index contributed by atoms with van der Waals surface area (Å²) < 4.78 is 8.17. The van der Waals surface area contributed by atoms with E-state index in [0.29, 0.717) is 6.42 Å². The number of hydrogen-bond donors (Lipinski definition) is 4. The molecule has 1 saturated heterocycles. The van der Waals surface area contributed by atoms with E-state index in [1.54, 1.807) is 0 Å². The zero-order valence-electron chi connectivity index (χ0n) is 18.7. The fourth-order valence-electron chi connectivity index (χ4n) is 4.30. The fraction of sp³-hybridized carbons (Fsp3) is 0.269.